The first kappa shape index (κ1) is 20.0. The Labute approximate surface area is 153 Å². The van der Waals surface area contributed by atoms with Crippen LogP contribution in [0.15, 0.2) is 41.3 Å². The van der Waals surface area contributed by atoms with Gasteiger partial charge < -0.3 is 19.3 Å². The molecule has 0 spiro atoms. The van der Waals surface area contributed by atoms with E-state index in [4.69, 9.17) is 14.2 Å². The van der Waals surface area contributed by atoms with E-state index in [-0.39, 0.29) is 11.4 Å². The molecule has 26 heavy (non-hydrogen) atoms. The molecule has 7 nitrogen and oxygen atoms in total. The van der Waals surface area contributed by atoms with Crippen LogP contribution in [-0.4, -0.2) is 41.4 Å². The van der Waals surface area contributed by atoms with E-state index in [1.165, 1.54) is 27.4 Å². The van der Waals surface area contributed by atoms with Crippen molar-refractivity contribution in [2.24, 2.45) is 0 Å². The number of sulfonamides is 1. The summed E-state index contributed by atoms with van der Waals surface area (Å²) in [6, 6.07) is 9.60. The second kappa shape index (κ2) is 8.39. The van der Waals surface area contributed by atoms with E-state index in [1.807, 2.05) is 0 Å². The first-order valence-corrected chi connectivity index (χ1v) is 9.35. The highest BCUT2D eigenvalue weighted by Crippen LogP contribution is 2.30. The van der Waals surface area contributed by atoms with Crippen LogP contribution in [0.1, 0.15) is 17.2 Å². The Kier molecular flexibility index (Phi) is 6.47. The molecule has 142 valence electrons. The van der Waals surface area contributed by atoms with Crippen LogP contribution in [0.5, 0.6) is 17.2 Å². The largest absolute Gasteiger partial charge is 0.497 e. The topological polar surface area (TPSA) is 94.1 Å². The Bertz CT molecular complexity index is 866. The maximum absolute atomic E-state index is 12.5. The lowest BCUT2D eigenvalue weighted by Crippen LogP contribution is -2.29. The first-order chi connectivity index (χ1) is 12.3. The fraction of sp³-hybridized carbons (Fsp3) is 0.333. The van der Waals surface area contributed by atoms with Crippen molar-refractivity contribution in [2.45, 2.75) is 17.9 Å². The molecule has 1 atom stereocenters. The molecule has 0 amide bonds. The molecule has 0 saturated heterocycles. The number of ether oxygens (including phenoxy) is 3. The fourth-order valence-corrected chi connectivity index (χ4v) is 3.76. The molecule has 0 radical (unpaired) electrons. The minimum absolute atomic E-state index is 0.137. The molecule has 0 fully saturated rings. The van der Waals surface area contributed by atoms with Crippen molar-refractivity contribution in [3.05, 3.63) is 47.5 Å². The molecular formula is C18H23NO6S. The second-order valence-corrected chi connectivity index (χ2v) is 7.35. The summed E-state index contributed by atoms with van der Waals surface area (Å²) in [5.74, 6) is 1.56. The van der Waals surface area contributed by atoms with E-state index in [9.17, 15) is 13.5 Å². The molecular weight excluding hydrogens is 358 g/mol. The number of nitrogens with one attached hydrogen (secondary N) is 1. The zero-order valence-electron chi connectivity index (χ0n) is 15.1. The van der Waals surface area contributed by atoms with Crippen LogP contribution in [-0.2, 0) is 10.0 Å². The van der Waals surface area contributed by atoms with Crippen molar-refractivity contribution in [3.63, 3.8) is 0 Å². The number of aliphatic hydroxyl groups is 1. The molecule has 0 aliphatic heterocycles. The van der Waals surface area contributed by atoms with Crippen LogP contribution in [0.25, 0.3) is 0 Å². The lowest BCUT2D eigenvalue weighted by Gasteiger charge is -2.16. The highest BCUT2D eigenvalue weighted by molar-refractivity contribution is 7.89. The number of rotatable bonds is 8. The molecule has 2 aromatic rings. The minimum Gasteiger partial charge on any atom is -0.497 e. The van der Waals surface area contributed by atoms with Crippen LogP contribution in [0.4, 0.5) is 0 Å². The molecule has 8 heteroatoms. The van der Waals surface area contributed by atoms with Gasteiger partial charge in [-0.05, 0) is 48.4 Å². The zero-order chi connectivity index (χ0) is 19.3. The smallest absolute Gasteiger partial charge is 0.240 e. The molecule has 0 saturated carbocycles. The second-order valence-electron chi connectivity index (χ2n) is 5.61. The summed E-state index contributed by atoms with van der Waals surface area (Å²) in [6.45, 7) is 1.51. The van der Waals surface area contributed by atoms with Gasteiger partial charge in [-0.1, -0.05) is 6.07 Å². The molecule has 0 aliphatic rings. The Morgan fingerprint density at radius 3 is 2.27 bits per heavy atom. The summed E-state index contributed by atoms with van der Waals surface area (Å²) in [5.41, 5.74) is 1.06. The maximum Gasteiger partial charge on any atom is 0.240 e. The van der Waals surface area contributed by atoms with Gasteiger partial charge in [0.1, 0.15) is 5.75 Å². The number of benzene rings is 2. The zero-order valence-corrected chi connectivity index (χ0v) is 16.0. The van der Waals surface area contributed by atoms with Crippen LogP contribution >= 0.6 is 0 Å². The Morgan fingerprint density at radius 1 is 1.00 bits per heavy atom. The van der Waals surface area contributed by atoms with Gasteiger partial charge in [0.25, 0.3) is 0 Å². The van der Waals surface area contributed by atoms with Crippen LogP contribution in [0.3, 0.4) is 0 Å². The molecule has 0 heterocycles. The standard InChI is InChI=1S/C18H23NO6S/c1-12-9-14(23-2)6-8-18(12)26(21,22)19-11-15(20)13-5-7-16(24-3)17(10-13)25-4/h5-10,15,19-20H,11H2,1-4H3. The van der Waals surface area contributed by atoms with Crippen molar-refractivity contribution in [2.75, 3.05) is 27.9 Å². The van der Waals surface area contributed by atoms with Gasteiger partial charge in [-0.15, -0.1) is 0 Å². The van der Waals surface area contributed by atoms with E-state index in [1.54, 1.807) is 37.3 Å². The summed E-state index contributed by atoms with van der Waals surface area (Å²) >= 11 is 0. The molecule has 2 N–H and O–H groups in total. The van der Waals surface area contributed by atoms with Gasteiger partial charge in [0.15, 0.2) is 11.5 Å². The maximum atomic E-state index is 12.5. The van der Waals surface area contributed by atoms with Crippen LogP contribution in [0, 0.1) is 6.92 Å². The summed E-state index contributed by atoms with van der Waals surface area (Å²) in [7, 11) is 0.748. The van der Waals surface area contributed by atoms with Crippen molar-refractivity contribution in [3.8, 4) is 17.2 Å². The quantitative estimate of drug-likeness (QED) is 0.727. The van der Waals surface area contributed by atoms with Crippen molar-refractivity contribution >= 4 is 10.0 Å². The number of hydrogen-bond acceptors (Lipinski definition) is 6. The van der Waals surface area contributed by atoms with Gasteiger partial charge in [0.2, 0.25) is 10.0 Å². The normalized spacial score (nSPS) is 12.5. The average molecular weight is 381 g/mol. The van der Waals surface area contributed by atoms with Gasteiger partial charge in [0, 0.05) is 6.54 Å². The first-order valence-electron chi connectivity index (χ1n) is 7.86. The van der Waals surface area contributed by atoms with Crippen LogP contribution < -0.4 is 18.9 Å². The van der Waals surface area contributed by atoms with Gasteiger partial charge in [-0.3, -0.25) is 0 Å². The van der Waals surface area contributed by atoms with E-state index in [2.05, 4.69) is 4.72 Å². The van der Waals surface area contributed by atoms with Gasteiger partial charge in [-0.25, -0.2) is 13.1 Å². The third-order valence-corrected chi connectivity index (χ3v) is 5.51. The number of aryl methyl sites for hydroxylation is 1. The monoisotopic (exact) mass is 381 g/mol. The lowest BCUT2D eigenvalue weighted by molar-refractivity contribution is 0.181. The lowest BCUT2D eigenvalue weighted by atomic mass is 10.1. The Morgan fingerprint density at radius 2 is 1.69 bits per heavy atom. The average Bonchev–Trinajstić information content (AvgIpc) is 2.65. The predicted octanol–water partition coefficient (Wildman–Crippen LogP) is 2.03. The Hall–Kier alpha value is -2.29. The third-order valence-electron chi connectivity index (χ3n) is 3.93. The minimum atomic E-state index is -3.77. The molecule has 0 aliphatic carbocycles. The van der Waals surface area contributed by atoms with E-state index < -0.39 is 16.1 Å². The van der Waals surface area contributed by atoms with Crippen LogP contribution in [0.2, 0.25) is 0 Å². The molecule has 0 bridgehead atoms. The Balaban J connectivity index is 2.14. The number of aliphatic hydroxyl groups excluding tert-OH is 1. The summed E-state index contributed by atoms with van der Waals surface area (Å²) in [6.07, 6.45) is -1.04. The van der Waals surface area contributed by atoms with Gasteiger partial charge in [-0.2, -0.15) is 0 Å². The summed E-state index contributed by atoms with van der Waals surface area (Å²) < 4.78 is 42.9. The van der Waals surface area contributed by atoms with E-state index in [0.717, 1.165) is 0 Å². The SMILES string of the molecule is COc1ccc(S(=O)(=O)NCC(O)c2ccc(OC)c(OC)c2)c(C)c1. The predicted molar refractivity (Wildman–Crippen MR) is 97.4 cm³/mol. The number of methoxy groups -OCH3 is 3. The highest BCUT2D eigenvalue weighted by atomic mass is 32.2. The molecule has 1 unspecified atom stereocenters. The third kappa shape index (κ3) is 4.46. The highest BCUT2D eigenvalue weighted by Gasteiger charge is 2.20. The fourth-order valence-electron chi connectivity index (χ4n) is 2.49. The van der Waals surface area contributed by atoms with Gasteiger partial charge in [0.05, 0.1) is 32.3 Å². The van der Waals surface area contributed by atoms with Crippen molar-refractivity contribution in [1.29, 1.82) is 0 Å². The summed E-state index contributed by atoms with van der Waals surface area (Å²) in [4.78, 5) is 0.137. The van der Waals surface area contributed by atoms with E-state index in [0.29, 0.717) is 28.4 Å². The van der Waals surface area contributed by atoms with E-state index >= 15 is 0 Å². The van der Waals surface area contributed by atoms with Crippen molar-refractivity contribution < 1.29 is 27.7 Å². The molecule has 0 aromatic heterocycles. The van der Waals surface area contributed by atoms with Crippen molar-refractivity contribution in [1.82, 2.24) is 4.72 Å². The molecule has 2 rings (SSSR count). The summed E-state index contributed by atoms with van der Waals surface area (Å²) in [5, 5.41) is 10.3. The number of hydrogen-bond donors (Lipinski definition) is 2. The molecule has 2 aromatic carbocycles. The van der Waals surface area contributed by atoms with Gasteiger partial charge >= 0.3 is 0 Å².